The highest BCUT2D eigenvalue weighted by atomic mass is 35.5. The molecule has 1 aromatic carbocycles. The molecule has 1 aliphatic heterocycles. The number of hydrogen-bond donors (Lipinski definition) is 2. The van der Waals surface area contributed by atoms with Crippen molar-refractivity contribution in [2.75, 3.05) is 19.6 Å². The van der Waals surface area contributed by atoms with Gasteiger partial charge in [0.25, 0.3) is 0 Å². The predicted octanol–water partition coefficient (Wildman–Crippen LogP) is 2.66. The molecule has 7 heteroatoms. The number of carbonyl (C=O) groups is 3. The first kappa shape index (κ1) is 20.2. The lowest BCUT2D eigenvalue weighted by molar-refractivity contribution is -0.141. The largest absolute Gasteiger partial charge is 0.481 e. The van der Waals surface area contributed by atoms with E-state index in [0.29, 0.717) is 24.5 Å². The standard InChI is InChI=1S/C19H25ClN2O4/c1-13(23)21-10-4-2-3-5-18(24)22-11-16(17(12-22)19(25)26)14-6-8-15(20)9-7-14/h6-9,16-17H,2-5,10-12H2,1H3,(H,21,23)(H,25,26)/t16-,17+/m0/s1. The average Bonchev–Trinajstić information content (AvgIpc) is 3.04. The van der Waals surface area contributed by atoms with Gasteiger partial charge in [-0.25, -0.2) is 0 Å². The van der Waals surface area contributed by atoms with Crippen LogP contribution in [-0.4, -0.2) is 47.4 Å². The number of nitrogens with one attached hydrogen (secondary N) is 1. The molecule has 26 heavy (non-hydrogen) atoms. The van der Waals surface area contributed by atoms with Crippen LogP contribution in [0, 0.1) is 5.92 Å². The molecule has 1 heterocycles. The van der Waals surface area contributed by atoms with Gasteiger partial charge in [0.15, 0.2) is 0 Å². The van der Waals surface area contributed by atoms with Crippen LogP contribution in [-0.2, 0) is 14.4 Å². The van der Waals surface area contributed by atoms with Gasteiger partial charge >= 0.3 is 5.97 Å². The SMILES string of the molecule is CC(=O)NCCCCCC(=O)N1C[C@@H](C(=O)O)[C@H](c2ccc(Cl)cc2)C1. The number of rotatable bonds is 8. The first-order valence-electron chi connectivity index (χ1n) is 8.89. The zero-order valence-electron chi connectivity index (χ0n) is 14.9. The fraction of sp³-hybridized carbons (Fsp3) is 0.526. The van der Waals surface area contributed by atoms with Crippen molar-refractivity contribution in [1.82, 2.24) is 10.2 Å². The summed E-state index contributed by atoms with van der Waals surface area (Å²) in [6, 6.07) is 7.16. The third-order valence-electron chi connectivity index (χ3n) is 4.73. The summed E-state index contributed by atoms with van der Waals surface area (Å²) in [6.07, 6.45) is 2.82. The molecule has 0 saturated carbocycles. The summed E-state index contributed by atoms with van der Waals surface area (Å²) in [7, 11) is 0. The minimum Gasteiger partial charge on any atom is -0.481 e. The highest BCUT2D eigenvalue weighted by Gasteiger charge is 2.40. The number of carboxylic acid groups (broad SMARTS) is 1. The Labute approximate surface area is 158 Å². The quantitative estimate of drug-likeness (QED) is 0.679. The van der Waals surface area contributed by atoms with Gasteiger partial charge in [-0.15, -0.1) is 0 Å². The van der Waals surface area contributed by atoms with Gasteiger partial charge in [0.2, 0.25) is 11.8 Å². The molecule has 1 fully saturated rings. The smallest absolute Gasteiger partial charge is 0.308 e. The van der Waals surface area contributed by atoms with Crippen LogP contribution in [0.1, 0.15) is 44.1 Å². The number of aliphatic carboxylic acids is 1. The summed E-state index contributed by atoms with van der Waals surface area (Å²) in [5.41, 5.74) is 0.896. The Kier molecular flexibility index (Phi) is 7.45. The van der Waals surface area contributed by atoms with Crippen molar-refractivity contribution in [2.45, 2.75) is 38.5 Å². The summed E-state index contributed by atoms with van der Waals surface area (Å²) >= 11 is 5.90. The van der Waals surface area contributed by atoms with Crippen molar-refractivity contribution in [3.63, 3.8) is 0 Å². The Bertz CT molecular complexity index is 647. The van der Waals surface area contributed by atoms with E-state index < -0.39 is 11.9 Å². The van der Waals surface area contributed by atoms with Gasteiger partial charge in [-0.1, -0.05) is 30.2 Å². The number of carboxylic acids is 1. The van der Waals surface area contributed by atoms with Gasteiger partial charge in [0.05, 0.1) is 5.92 Å². The van der Waals surface area contributed by atoms with Crippen molar-refractivity contribution in [1.29, 1.82) is 0 Å². The number of unbranched alkanes of at least 4 members (excludes halogenated alkanes) is 2. The second kappa shape index (κ2) is 9.57. The maximum Gasteiger partial charge on any atom is 0.308 e. The van der Waals surface area contributed by atoms with E-state index in [1.165, 1.54) is 6.92 Å². The van der Waals surface area contributed by atoms with Crippen molar-refractivity contribution in [3.05, 3.63) is 34.9 Å². The van der Waals surface area contributed by atoms with E-state index in [1.807, 2.05) is 12.1 Å². The minimum atomic E-state index is -0.879. The Hall–Kier alpha value is -2.08. The average molecular weight is 381 g/mol. The van der Waals surface area contributed by atoms with E-state index in [2.05, 4.69) is 5.32 Å². The predicted molar refractivity (Wildman–Crippen MR) is 99.1 cm³/mol. The fourth-order valence-electron chi connectivity index (χ4n) is 3.31. The van der Waals surface area contributed by atoms with Crippen molar-refractivity contribution in [2.24, 2.45) is 5.92 Å². The number of likely N-dealkylation sites (tertiary alicyclic amines) is 1. The van der Waals surface area contributed by atoms with Crippen LogP contribution in [0.2, 0.25) is 5.02 Å². The van der Waals surface area contributed by atoms with E-state index in [-0.39, 0.29) is 24.3 Å². The highest BCUT2D eigenvalue weighted by molar-refractivity contribution is 6.30. The molecule has 0 spiro atoms. The molecular weight excluding hydrogens is 356 g/mol. The first-order valence-corrected chi connectivity index (χ1v) is 9.26. The lowest BCUT2D eigenvalue weighted by Gasteiger charge is -2.16. The normalized spacial score (nSPS) is 19.4. The molecule has 2 N–H and O–H groups in total. The van der Waals surface area contributed by atoms with E-state index in [9.17, 15) is 19.5 Å². The van der Waals surface area contributed by atoms with Crippen LogP contribution in [0.5, 0.6) is 0 Å². The topological polar surface area (TPSA) is 86.7 Å². The Morgan fingerprint density at radius 2 is 1.85 bits per heavy atom. The lowest BCUT2D eigenvalue weighted by Crippen LogP contribution is -2.29. The maximum atomic E-state index is 12.4. The van der Waals surface area contributed by atoms with Gasteiger partial charge in [-0.2, -0.15) is 0 Å². The van der Waals surface area contributed by atoms with Crippen LogP contribution < -0.4 is 5.32 Å². The van der Waals surface area contributed by atoms with Gasteiger partial charge < -0.3 is 15.3 Å². The third kappa shape index (κ3) is 5.73. The molecule has 0 aliphatic carbocycles. The van der Waals surface area contributed by atoms with Crippen LogP contribution in [0.25, 0.3) is 0 Å². The highest BCUT2D eigenvalue weighted by Crippen LogP contribution is 2.34. The van der Waals surface area contributed by atoms with Crippen molar-refractivity contribution >= 4 is 29.4 Å². The molecule has 0 radical (unpaired) electrons. The number of hydrogen-bond acceptors (Lipinski definition) is 3. The van der Waals surface area contributed by atoms with E-state index >= 15 is 0 Å². The zero-order chi connectivity index (χ0) is 19.1. The Balaban J connectivity index is 1.86. The molecule has 0 bridgehead atoms. The monoisotopic (exact) mass is 380 g/mol. The third-order valence-corrected chi connectivity index (χ3v) is 4.98. The van der Waals surface area contributed by atoms with Crippen molar-refractivity contribution in [3.8, 4) is 0 Å². The van der Waals surface area contributed by atoms with Gasteiger partial charge in [-0.3, -0.25) is 14.4 Å². The fourth-order valence-corrected chi connectivity index (χ4v) is 3.43. The molecule has 0 unspecified atom stereocenters. The zero-order valence-corrected chi connectivity index (χ0v) is 15.7. The second-order valence-electron chi connectivity index (χ2n) is 6.70. The molecule has 2 rings (SSSR count). The lowest BCUT2D eigenvalue weighted by atomic mass is 9.89. The van der Waals surface area contributed by atoms with Gasteiger partial charge in [-0.05, 0) is 30.5 Å². The molecular formula is C19H25ClN2O4. The first-order chi connectivity index (χ1) is 12.4. The van der Waals surface area contributed by atoms with E-state index in [1.54, 1.807) is 17.0 Å². The second-order valence-corrected chi connectivity index (χ2v) is 7.13. The van der Waals surface area contributed by atoms with Gasteiger partial charge in [0.1, 0.15) is 0 Å². The number of benzene rings is 1. The number of halogens is 1. The Morgan fingerprint density at radius 3 is 2.46 bits per heavy atom. The molecule has 1 saturated heterocycles. The summed E-state index contributed by atoms with van der Waals surface area (Å²) in [6.45, 7) is 2.76. The van der Waals surface area contributed by atoms with Crippen LogP contribution in [0.4, 0.5) is 0 Å². The number of carbonyl (C=O) groups excluding carboxylic acids is 2. The van der Waals surface area contributed by atoms with Crippen LogP contribution in [0.15, 0.2) is 24.3 Å². The summed E-state index contributed by atoms with van der Waals surface area (Å²) in [5.74, 6) is -1.75. The molecule has 1 aliphatic rings. The molecule has 0 aromatic heterocycles. The summed E-state index contributed by atoms with van der Waals surface area (Å²) < 4.78 is 0. The number of amides is 2. The summed E-state index contributed by atoms with van der Waals surface area (Å²) in [4.78, 5) is 36.5. The molecule has 2 amide bonds. The maximum absolute atomic E-state index is 12.4. The van der Waals surface area contributed by atoms with Gasteiger partial charge in [0, 0.05) is 43.9 Å². The van der Waals surface area contributed by atoms with E-state index in [0.717, 1.165) is 24.8 Å². The molecule has 6 nitrogen and oxygen atoms in total. The Morgan fingerprint density at radius 1 is 1.15 bits per heavy atom. The van der Waals surface area contributed by atoms with E-state index in [4.69, 9.17) is 11.6 Å². The van der Waals surface area contributed by atoms with Crippen molar-refractivity contribution < 1.29 is 19.5 Å². The van der Waals surface area contributed by atoms with Crippen LogP contribution in [0.3, 0.4) is 0 Å². The number of nitrogens with zero attached hydrogens (tertiary/aromatic N) is 1. The molecule has 2 atom stereocenters. The molecule has 1 aromatic rings. The van der Waals surface area contributed by atoms with Crippen LogP contribution >= 0.6 is 11.6 Å². The molecule has 142 valence electrons. The summed E-state index contributed by atoms with van der Waals surface area (Å²) in [5, 5.41) is 12.8. The minimum absolute atomic E-state index is 0.00718.